The molecule has 2 heterocycles. The minimum atomic E-state index is -1.28. The van der Waals surface area contributed by atoms with E-state index in [0.29, 0.717) is 30.0 Å². The molecular weight excluding hydrogens is 214 g/mol. The van der Waals surface area contributed by atoms with Crippen LogP contribution in [0.5, 0.6) is 0 Å². The molecule has 16 heavy (non-hydrogen) atoms. The highest BCUT2D eigenvalue weighted by Gasteiger charge is 2.60. The maximum atomic E-state index is 11.3. The smallest absolute Gasteiger partial charge is 0.254 e. The standard InChI is InChI=1S/C9H13N3O4/c1-5-4-11(14)7-3-2-6-8(9(5,7)13)10-16-12(6)15/h5,7,13-14H,2-4H2,1H3/t5-,7-,9+/m1/s1. The van der Waals surface area contributed by atoms with Crippen molar-refractivity contribution in [1.82, 2.24) is 10.2 Å². The summed E-state index contributed by atoms with van der Waals surface area (Å²) >= 11 is 0. The van der Waals surface area contributed by atoms with E-state index in [1.165, 1.54) is 0 Å². The van der Waals surface area contributed by atoms with E-state index < -0.39 is 11.6 Å². The highest BCUT2D eigenvalue weighted by molar-refractivity contribution is 5.25. The number of hydrogen-bond donors (Lipinski definition) is 2. The van der Waals surface area contributed by atoms with Gasteiger partial charge >= 0.3 is 0 Å². The van der Waals surface area contributed by atoms with Gasteiger partial charge in [-0.05, 0) is 11.3 Å². The Morgan fingerprint density at radius 3 is 3.19 bits per heavy atom. The van der Waals surface area contributed by atoms with Crippen molar-refractivity contribution in [3.8, 4) is 0 Å². The Hall–Kier alpha value is -1.18. The summed E-state index contributed by atoms with van der Waals surface area (Å²) in [7, 11) is 0. The summed E-state index contributed by atoms with van der Waals surface area (Å²) in [5.41, 5.74) is -0.620. The Labute approximate surface area is 91.4 Å². The maximum Gasteiger partial charge on any atom is 0.254 e. The minimum absolute atomic E-state index is 0.188. The molecule has 7 heteroatoms. The Kier molecular flexibility index (Phi) is 1.84. The SMILES string of the molecule is C[C@@H]1CN(O)[C@@H]2CCc3c(no[n+]3[O-])[C@]12O. The number of hydrogen-bond acceptors (Lipinski definition) is 6. The van der Waals surface area contributed by atoms with Gasteiger partial charge in [-0.1, -0.05) is 6.92 Å². The third kappa shape index (κ3) is 0.977. The van der Waals surface area contributed by atoms with Crippen LogP contribution in [0.4, 0.5) is 0 Å². The van der Waals surface area contributed by atoms with Crippen LogP contribution in [0.25, 0.3) is 0 Å². The number of fused-ring (bicyclic) bond motifs is 3. The molecule has 2 N–H and O–H groups in total. The van der Waals surface area contributed by atoms with Crippen molar-refractivity contribution in [2.45, 2.75) is 31.4 Å². The molecule has 2 aliphatic rings. The van der Waals surface area contributed by atoms with Crippen LogP contribution < -0.4 is 4.90 Å². The van der Waals surface area contributed by atoms with Crippen molar-refractivity contribution >= 4 is 0 Å². The van der Waals surface area contributed by atoms with Crippen LogP contribution in [0, 0.1) is 11.1 Å². The van der Waals surface area contributed by atoms with Crippen LogP contribution in [0.1, 0.15) is 24.7 Å². The molecular formula is C9H13N3O4. The molecule has 3 rings (SSSR count). The largest absolute Gasteiger partial charge is 0.379 e. The van der Waals surface area contributed by atoms with Crippen molar-refractivity contribution in [3.05, 3.63) is 16.6 Å². The van der Waals surface area contributed by atoms with E-state index in [1.807, 2.05) is 6.92 Å². The zero-order valence-corrected chi connectivity index (χ0v) is 8.83. The van der Waals surface area contributed by atoms with E-state index >= 15 is 0 Å². The van der Waals surface area contributed by atoms with Crippen LogP contribution in [0.2, 0.25) is 0 Å². The second-order valence-corrected chi connectivity index (χ2v) is 4.63. The third-order valence-electron chi connectivity index (χ3n) is 3.81. The summed E-state index contributed by atoms with van der Waals surface area (Å²) < 4.78 is 4.53. The van der Waals surface area contributed by atoms with Crippen LogP contribution in [-0.2, 0) is 12.0 Å². The first kappa shape index (κ1) is 10.0. The van der Waals surface area contributed by atoms with Gasteiger partial charge in [0.2, 0.25) is 5.69 Å². The summed E-state index contributed by atoms with van der Waals surface area (Å²) in [5.74, 6) is -0.188. The fourth-order valence-electron chi connectivity index (χ4n) is 2.92. The molecule has 0 radical (unpaired) electrons. The van der Waals surface area contributed by atoms with Gasteiger partial charge in [-0.3, -0.25) is 4.63 Å². The molecule has 1 aromatic heterocycles. The lowest BCUT2D eigenvalue weighted by Gasteiger charge is -2.33. The van der Waals surface area contributed by atoms with Gasteiger partial charge in [0.15, 0.2) is 5.60 Å². The van der Waals surface area contributed by atoms with Gasteiger partial charge in [0.25, 0.3) is 5.69 Å². The monoisotopic (exact) mass is 227 g/mol. The molecule has 1 aliphatic heterocycles. The Balaban J connectivity index is 2.16. The van der Waals surface area contributed by atoms with Gasteiger partial charge in [-0.15, -0.1) is 0 Å². The van der Waals surface area contributed by atoms with Gasteiger partial charge < -0.3 is 15.5 Å². The highest BCUT2D eigenvalue weighted by atomic mass is 16.8. The number of rotatable bonds is 0. The van der Waals surface area contributed by atoms with E-state index in [2.05, 4.69) is 9.79 Å². The summed E-state index contributed by atoms with van der Waals surface area (Å²) in [6, 6.07) is -0.403. The minimum Gasteiger partial charge on any atom is -0.379 e. The molecule has 0 bridgehead atoms. The normalized spacial score (nSPS) is 38.4. The van der Waals surface area contributed by atoms with Crippen molar-refractivity contribution in [3.63, 3.8) is 0 Å². The fraction of sp³-hybridized carbons (Fsp3) is 0.778. The zero-order chi connectivity index (χ0) is 11.5. The van der Waals surface area contributed by atoms with E-state index in [9.17, 15) is 15.5 Å². The summed E-state index contributed by atoms with van der Waals surface area (Å²) in [6.45, 7) is 2.19. The Morgan fingerprint density at radius 2 is 2.44 bits per heavy atom. The molecule has 1 aromatic rings. The van der Waals surface area contributed by atoms with Crippen molar-refractivity contribution in [2.75, 3.05) is 6.54 Å². The van der Waals surface area contributed by atoms with E-state index in [4.69, 9.17) is 0 Å². The van der Waals surface area contributed by atoms with Crippen molar-refractivity contribution in [1.29, 1.82) is 0 Å². The molecule has 1 fully saturated rings. The van der Waals surface area contributed by atoms with E-state index in [-0.39, 0.29) is 11.6 Å². The van der Waals surface area contributed by atoms with Crippen molar-refractivity contribution in [2.24, 2.45) is 5.92 Å². The van der Waals surface area contributed by atoms with Gasteiger partial charge in [0.1, 0.15) is 0 Å². The van der Waals surface area contributed by atoms with Gasteiger partial charge in [0, 0.05) is 24.0 Å². The van der Waals surface area contributed by atoms with Crippen LogP contribution in [0.3, 0.4) is 0 Å². The van der Waals surface area contributed by atoms with Gasteiger partial charge in [-0.2, -0.15) is 5.06 Å². The third-order valence-corrected chi connectivity index (χ3v) is 3.81. The lowest BCUT2D eigenvalue weighted by molar-refractivity contribution is -0.808. The van der Waals surface area contributed by atoms with Gasteiger partial charge in [0.05, 0.1) is 6.04 Å². The number of nitrogens with zero attached hydrogens (tertiary/aromatic N) is 3. The van der Waals surface area contributed by atoms with E-state index in [1.54, 1.807) is 0 Å². The topological polar surface area (TPSA) is 96.7 Å². The molecule has 7 nitrogen and oxygen atoms in total. The number of aromatic nitrogens is 2. The molecule has 0 spiro atoms. The lowest BCUT2D eigenvalue weighted by atomic mass is 9.76. The molecule has 0 saturated carbocycles. The molecule has 88 valence electrons. The Morgan fingerprint density at radius 1 is 1.69 bits per heavy atom. The molecule has 0 unspecified atom stereocenters. The number of hydroxylamine groups is 2. The molecule has 0 amide bonds. The predicted molar refractivity (Wildman–Crippen MR) is 49.1 cm³/mol. The molecule has 3 atom stereocenters. The maximum absolute atomic E-state index is 11.3. The van der Waals surface area contributed by atoms with E-state index in [0.717, 1.165) is 5.06 Å². The summed E-state index contributed by atoms with van der Waals surface area (Å²) in [4.78, 5) is 0.344. The zero-order valence-electron chi connectivity index (χ0n) is 8.83. The lowest BCUT2D eigenvalue weighted by Crippen LogP contribution is -2.49. The van der Waals surface area contributed by atoms with Crippen molar-refractivity contribution < 1.29 is 19.8 Å². The average molecular weight is 227 g/mol. The first-order valence-corrected chi connectivity index (χ1v) is 5.32. The average Bonchev–Trinajstić information content (AvgIpc) is 2.70. The second-order valence-electron chi connectivity index (χ2n) is 4.63. The highest BCUT2D eigenvalue weighted by Crippen LogP contribution is 2.45. The summed E-state index contributed by atoms with van der Waals surface area (Å²) in [6.07, 6.45) is 0.979. The predicted octanol–water partition coefficient (Wildman–Crippen LogP) is -0.849. The summed E-state index contributed by atoms with van der Waals surface area (Å²) in [5, 5.41) is 36.4. The molecule has 1 aliphatic carbocycles. The van der Waals surface area contributed by atoms with Crippen LogP contribution in [-0.4, -0.2) is 33.1 Å². The molecule has 1 saturated heterocycles. The van der Waals surface area contributed by atoms with Crippen LogP contribution in [0.15, 0.2) is 4.63 Å². The quantitative estimate of drug-likeness (QED) is 0.560. The first-order valence-electron chi connectivity index (χ1n) is 5.32. The Bertz CT molecular complexity index is 434. The molecule has 0 aromatic carbocycles. The van der Waals surface area contributed by atoms with Gasteiger partial charge in [-0.25, -0.2) is 0 Å². The second kappa shape index (κ2) is 2.93. The number of aliphatic hydroxyl groups is 1. The first-order chi connectivity index (χ1) is 7.55. The van der Waals surface area contributed by atoms with Crippen LogP contribution >= 0.6 is 0 Å². The fourth-order valence-corrected chi connectivity index (χ4v) is 2.92.